The second kappa shape index (κ2) is 6.91. The molecule has 0 saturated heterocycles. The molecule has 25 heavy (non-hydrogen) atoms. The lowest BCUT2D eigenvalue weighted by Crippen LogP contribution is -2.04. The molecule has 2 aromatic carbocycles. The molecule has 4 nitrogen and oxygen atoms in total. The smallest absolute Gasteiger partial charge is 0.187 e. The Balaban J connectivity index is 1.73. The van der Waals surface area contributed by atoms with Gasteiger partial charge in [0.15, 0.2) is 10.9 Å². The largest absolute Gasteiger partial charge is 0.354 e. The molecule has 2 aromatic heterocycles. The van der Waals surface area contributed by atoms with Gasteiger partial charge in [0.1, 0.15) is 0 Å². The Morgan fingerprint density at radius 3 is 2.44 bits per heavy atom. The molecule has 2 heterocycles. The average Bonchev–Trinajstić information content (AvgIpc) is 3.07. The number of benzene rings is 2. The molecular weight excluding hydrogens is 330 g/mol. The van der Waals surface area contributed by atoms with Gasteiger partial charge in [-0.25, -0.2) is 9.97 Å². The first kappa shape index (κ1) is 15.6. The van der Waals surface area contributed by atoms with E-state index >= 15 is 0 Å². The van der Waals surface area contributed by atoms with Gasteiger partial charge in [0.2, 0.25) is 0 Å². The van der Waals surface area contributed by atoms with Crippen molar-refractivity contribution in [2.24, 2.45) is 0 Å². The SMILES string of the molecule is O=C(CSc1ncccn1)c1c(-c2ccccc2)[nH]c2ccccc12. The number of aromatic nitrogens is 3. The highest BCUT2D eigenvalue weighted by atomic mass is 32.2. The molecule has 0 saturated carbocycles. The van der Waals surface area contributed by atoms with Gasteiger partial charge in [0.05, 0.1) is 17.0 Å². The van der Waals surface area contributed by atoms with Gasteiger partial charge < -0.3 is 4.98 Å². The number of ketones is 1. The highest BCUT2D eigenvalue weighted by Gasteiger charge is 2.19. The predicted molar refractivity (Wildman–Crippen MR) is 101 cm³/mol. The van der Waals surface area contributed by atoms with Crippen LogP contribution in [-0.4, -0.2) is 26.5 Å². The summed E-state index contributed by atoms with van der Waals surface area (Å²) in [5.41, 5.74) is 3.56. The van der Waals surface area contributed by atoms with Crippen molar-refractivity contribution in [3.05, 3.63) is 78.6 Å². The van der Waals surface area contributed by atoms with Crippen LogP contribution in [0.5, 0.6) is 0 Å². The van der Waals surface area contributed by atoms with Crippen molar-refractivity contribution in [1.29, 1.82) is 0 Å². The number of rotatable bonds is 5. The maximum absolute atomic E-state index is 13.0. The van der Waals surface area contributed by atoms with Gasteiger partial charge in [-0.15, -0.1) is 0 Å². The molecule has 4 rings (SSSR count). The van der Waals surface area contributed by atoms with E-state index in [0.29, 0.717) is 10.9 Å². The molecule has 0 aliphatic rings. The summed E-state index contributed by atoms with van der Waals surface area (Å²) in [7, 11) is 0. The Morgan fingerprint density at radius 2 is 1.64 bits per heavy atom. The van der Waals surface area contributed by atoms with Crippen LogP contribution in [0.25, 0.3) is 22.2 Å². The number of para-hydroxylation sites is 1. The fourth-order valence-electron chi connectivity index (χ4n) is 2.82. The Morgan fingerprint density at radius 1 is 0.920 bits per heavy atom. The fourth-order valence-corrected chi connectivity index (χ4v) is 3.49. The Hall–Kier alpha value is -2.92. The molecule has 0 atom stereocenters. The summed E-state index contributed by atoms with van der Waals surface area (Å²) in [6.07, 6.45) is 3.36. The second-order valence-electron chi connectivity index (χ2n) is 5.53. The first-order chi connectivity index (χ1) is 12.3. The Bertz CT molecular complexity index is 1010. The number of thioether (sulfide) groups is 1. The van der Waals surface area contributed by atoms with E-state index < -0.39 is 0 Å². The summed E-state index contributed by atoms with van der Waals surface area (Å²) in [6.45, 7) is 0. The van der Waals surface area contributed by atoms with E-state index in [1.165, 1.54) is 11.8 Å². The zero-order valence-corrected chi connectivity index (χ0v) is 14.2. The molecule has 0 aliphatic carbocycles. The van der Waals surface area contributed by atoms with E-state index in [-0.39, 0.29) is 5.78 Å². The lowest BCUT2D eigenvalue weighted by Gasteiger charge is -2.04. The van der Waals surface area contributed by atoms with Crippen LogP contribution in [0.4, 0.5) is 0 Å². The molecular formula is C20H15N3OS. The van der Waals surface area contributed by atoms with Gasteiger partial charge in [-0.2, -0.15) is 0 Å². The van der Waals surface area contributed by atoms with Gasteiger partial charge in [-0.1, -0.05) is 60.3 Å². The molecule has 0 aliphatic heterocycles. The lowest BCUT2D eigenvalue weighted by atomic mass is 10.0. The maximum Gasteiger partial charge on any atom is 0.187 e. The zero-order chi connectivity index (χ0) is 17.1. The molecule has 4 aromatic rings. The summed E-state index contributed by atoms with van der Waals surface area (Å²) in [5, 5.41) is 1.55. The number of Topliss-reactive ketones (excluding diaryl/α,β-unsaturated/α-hetero) is 1. The number of nitrogens with one attached hydrogen (secondary N) is 1. The predicted octanol–water partition coefficient (Wildman–Crippen LogP) is 4.60. The van der Waals surface area contributed by atoms with Crippen LogP contribution in [-0.2, 0) is 0 Å². The minimum Gasteiger partial charge on any atom is -0.354 e. The van der Waals surface area contributed by atoms with E-state index in [0.717, 1.165) is 27.7 Å². The fraction of sp³-hybridized carbons (Fsp3) is 0.0500. The van der Waals surface area contributed by atoms with Gasteiger partial charge in [0, 0.05) is 23.3 Å². The lowest BCUT2D eigenvalue weighted by molar-refractivity contribution is 0.102. The number of hydrogen-bond donors (Lipinski definition) is 1. The van der Waals surface area contributed by atoms with E-state index in [1.807, 2.05) is 54.6 Å². The van der Waals surface area contributed by atoms with Crippen molar-refractivity contribution in [2.45, 2.75) is 5.16 Å². The number of nitrogens with zero attached hydrogens (tertiary/aromatic N) is 2. The number of aromatic amines is 1. The highest BCUT2D eigenvalue weighted by molar-refractivity contribution is 7.99. The summed E-state index contributed by atoms with van der Waals surface area (Å²) in [4.78, 5) is 24.7. The third kappa shape index (κ3) is 3.19. The van der Waals surface area contributed by atoms with Crippen molar-refractivity contribution in [1.82, 2.24) is 15.0 Å². The van der Waals surface area contributed by atoms with E-state index in [1.54, 1.807) is 18.5 Å². The van der Waals surface area contributed by atoms with Crippen molar-refractivity contribution in [2.75, 3.05) is 5.75 Å². The van der Waals surface area contributed by atoms with Crippen LogP contribution < -0.4 is 0 Å². The second-order valence-corrected chi connectivity index (χ2v) is 6.47. The standard InChI is InChI=1S/C20H15N3OS/c24-17(13-25-20-21-11-6-12-22-20)18-15-9-4-5-10-16(15)23-19(18)14-7-2-1-3-8-14/h1-12,23H,13H2. The Kier molecular flexibility index (Phi) is 4.31. The number of carbonyl (C=O) groups excluding carboxylic acids is 1. The minimum atomic E-state index is 0.0637. The van der Waals surface area contributed by atoms with Crippen molar-refractivity contribution >= 4 is 28.4 Å². The van der Waals surface area contributed by atoms with Crippen LogP contribution in [0.15, 0.2) is 78.2 Å². The van der Waals surface area contributed by atoms with Crippen LogP contribution in [0.1, 0.15) is 10.4 Å². The molecule has 122 valence electrons. The van der Waals surface area contributed by atoms with Crippen LogP contribution in [0, 0.1) is 0 Å². The van der Waals surface area contributed by atoms with E-state index in [2.05, 4.69) is 15.0 Å². The van der Waals surface area contributed by atoms with Crippen LogP contribution in [0.2, 0.25) is 0 Å². The van der Waals surface area contributed by atoms with Gasteiger partial charge in [-0.05, 0) is 17.7 Å². The molecule has 1 N–H and O–H groups in total. The molecule has 0 unspecified atom stereocenters. The number of H-pyrrole nitrogens is 1. The summed E-state index contributed by atoms with van der Waals surface area (Å²) < 4.78 is 0. The van der Waals surface area contributed by atoms with Gasteiger partial charge in [-0.3, -0.25) is 4.79 Å². The third-order valence-electron chi connectivity index (χ3n) is 3.92. The average molecular weight is 345 g/mol. The maximum atomic E-state index is 13.0. The molecule has 0 radical (unpaired) electrons. The summed E-state index contributed by atoms with van der Waals surface area (Å²) >= 11 is 1.35. The number of carbonyl (C=O) groups is 1. The normalized spacial score (nSPS) is 10.9. The summed E-state index contributed by atoms with van der Waals surface area (Å²) in [6, 6.07) is 19.6. The first-order valence-corrected chi connectivity index (χ1v) is 8.90. The minimum absolute atomic E-state index is 0.0637. The molecule has 0 fully saturated rings. The monoisotopic (exact) mass is 345 g/mol. The molecule has 0 spiro atoms. The third-order valence-corrected chi connectivity index (χ3v) is 4.80. The Labute approximate surface area is 149 Å². The quantitative estimate of drug-likeness (QED) is 0.326. The molecule has 5 heteroatoms. The topological polar surface area (TPSA) is 58.6 Å². The molecule has 0 amide bonds. The van der Waals surface area contributed by atoms with Crippen molar-refractivity contribution < 1.29 is 4.79 Å². The van der Waals surface area contributed by atoms with Gasteiger partial charge >= 0.3 is 0 Å². The van der Waals surface area contributed by atoms with E-state index in [4.69, 9.17) is 0 Å². The highest BCUT2D eigenvalue weighted by Crippen LogP contribution is 2.31. The van der Waals surface area contributed by atoms with Gasteiger partial charge in [0.25, 0.3) is 0 Å². The zero-order valence-electron chi connectivity index (χ0n) is 13.3. The van der Waals surface area contributed by atoms with Crippen LogP contribution >= 0.6 is 11.8 Å². The van der Waals surface area contributed by atoms with Crippen LogP contribution in [0.3, 0.4) is 0 Å². The summed E-state index contributed by atoms with van der Waals surface area (Å²) in [5.74, 6) is 0.361. The molecule has 0 bridgehead atoms. The van der Waals surface area contributed by atoms with E-state index in [9.17, 15) is 4.79 Å². The van der Waals surface area contributed by atoms with Crippen molar-refractivity contribution in [3.63, 3.8) is 0 Å². The number of hydrogen-bond acceptors (Lipinski definition) is 4. The van der Waals surface area contributed by atoms with Crippen molar-refractivity contribution in [3.8, 4) is 11.3 Å². The first-order valence-electron chi connectivity index (χ1n) is 7.92. The number of fused-ring (bicyclic) bond motifs is 1.